The zero-order valence-corrected chi connectivity index (χ0v) is 11.1. The number of aromatic nitrogens is 3. The van der Waals surface area contributed by atoms with Gasteiger partial charge in [0.1, 0.15) is 11.6 Å². The second-order valence-electron chi connectivity index (χ2n) is 4.35. The molecule has 2 rings (SSSR count). The fourth-order valence-corrected chi connectivity index (χ4v) is 1.89. The molecule has 0 fully saturated rings. The summed E-state index contributed by atoms with van der Waals surface area (Å²) in [5.41, 5.74) is 1.18. The zero-order valence-electron chi connectivity index (χ0n) is 11.1. The van der Waals surface area contributed by atoms with Crippen molar-refractivity contribution in [2.75, 3.05) is 11.9 Å². The monoisotopic (exact) mass is 244 g/mol. The van der Waals surface area contributed by atoms with Crippen molar-refractivity contribution in [2.24, 2.45) is 0 Å². The third-order valence-corrected chi connectivity index (χ3v) is 2.92. The van der Waals surface area contributed by atoms with Crippen molar-refractivity contribution in [1.29, 1.82) is 0 Å². The van der Waals surface area contributed by atoms with Gasteiger partial charge in [-0.1, -0.05) is 6.92 Å². The minimum atomic E-state index is 0.820. The summed E-state index contributed by atoms with van der Waals surface area (Å²) in [6.45, 7) is 6.01. The molecule has 2 aromatic rings. The summed E-state index contributed by atoms with van der Waals surface area (Å²) in [7, 11) is 0. The van der Waals surface area contributed by atoms with Gasteiger partial charge in [-0.25, -0.2) is 9.97 Å². The van der Waals surface area contributed by atoms with Gasteiger partial charge in [-0.2, -0.15) is 0 Å². The van der Waals surface area contributed by atoms with Gasteiger partial charge in [0.2, 0.25) is 0 Å². The Labute approximate surface area is 108 Å². The molecule has 0 unspecified atom stereocenters. The second-order valence-corrected chi connectivity index (χ2v) is 4.35. The molecule has 0 saturated heterocycles. The average Bonchev–Trinajstić information content (AvgIpc) is 2.88. The number of aryl methyl sites for hydroxylation is 3. The predicted molar refractivity (Wildman–Crippen MR) is 73.7 cm³/mol. The van der Waals surface area contributed by atoms with Gasteiger partial charge in [-0.3, -0.25) is 0 Å². The number of anilines is 1. The molecule has 96 valence electrons. The maximum Gasteiger partial charge on any atom is 0.132 e. The van der Waals surface area contributed by atoms with E-state index in [-0.39, 0.29) is 0 Å². The Morgan fingerprint density at radius 1 is 1.28 bits per heavy atom. The Balaban J connectivity index is 1.84. The lowest BCUT2D eigenvalue weighted by Gasteiger charge is -2.10. The van der Waals surface area contributed by atoms with E-state index in [2.05, 4.69) is 51.3 Å². The molecule has 2 heterocycles. The van der Waals surface area contributed by atoms with Crippen molar-refractivity contribution < 1.29 is 0 Å². The van der Waals surface area contributed by atoms with E-state index in [1.165, 1.54) is 5.56 Å². The van der Waals surface area contributed by atoms with Crippen LogP contribution in [0.2, 0.25) is 0 Å². The molecule has 4 nitrogen and oxygen atoms in total. The van der Waals surface area contributed by atoms with Gasteiger partial charge >= 0.3 is 0 Å². The highest BCUT2D eigenvalue weighted by atomic mass is 15.0. The zero-order chi connectivity index (χ0) is 12.8. The van der Waals surface area contributed by atoms with Crippen molar-refractivity contribution in [3.8, 4) is 0 Å². The van der Waals surface area contributed by atoms with Gasteiger partial charge in [-0.05, 0) is 31.9 Å². The highest BCUT2D eigenvalue weighted by Crippen LogP contribution is 2.12. The normalized spacial score (nSPS) is 10.6. The van der Waals surface area contributed by atoms with E-state index in [1.54, 1.807) is 0 Å². The first-order chi connectivity index (χ1) is 8.79. The van der Waals surface area contributed by atoms with Gasteiger partial charge in [0.15, 0.2) is 0 Å². The van der Waals surface area contributed by atoms with Crippen molar-refractivity contribution >= 4 is 5.82 Å². The van der Waals surface area contributed by atoms with E-state index < -0.39 is 0 Å². The molecule has 4 heteroatoms. The van der Waals surface area contributed by atoms with E-state index in [9.17, 15) is 0 Å². The standard InChI is InChI=1S/C14H20N4/c1-3-13-11-16-12(2)17-14(13)15-7-6-10-18-8-4-5-9-18/h4-5,8-9,11H,3,6-7,10H2,1-2H3,(H,15,16,17). The summed E-state index contributed by atoms with van der Waals surface area (Å²) in [5, 5.41) is 3.40. The minimum Gasteiger partial charge on any atom is -0.370 e. The van der Waals surface area contributed by atoms with Crippen LogP contribution in [0.25, 0.3) is 0 Å². The van der Waals surface area contributed by atoms with Crippen LogP contribution in [0.5, 0.6) is 0 Å². The minimum absolute atomic E-state index is 0.820. The van der Waals surface area contributed by atoms with E-state index in [0.29, 0.717) is 0 Å². The van der Waals surface area contributed by atoms with E-state index in [4.69, 9.17) is 0 Å². The van der Waals surface area contributed by atoms with Crippen LogP contribution in [0.1, 0.15) is 24.7 Å². The number of hydrogen-bond acceptors (Lipinski definition) is 3. The number of nitrogens with zero attached hydrogens (tertiary/aromatic N) is 3. The van der Waals surface area contributed by atoms with Crippen LogP contribution in [0, 0.1) is 6.92 Å². The first kappa shape index (κ1) is 12.6. The molecule has 0 radical (unpaired) electrons. The summed E-state index contributed by atoms with van der Waals surface area (Å²) in [6, 6.07) is 4.10. The molecule has 0 atom stereocenters. The van der Waals surface area contributed by atoms with E-state index in [1.807, 2.05) is 13.1 Å². The van der Waals surface area contributed by atoms with Crippen molar-refractivity contribution in [3.63, 3.8) is 0 Å². The second kappa shape index (κ2) is 6.19. The van der Waals surface area contributed by atoms with Crippen LogP contribution >= 0.6 is 0 Å². The quantitative estimate of drug-likeness (QED) is 0.794. The maximum atomic E-state index is 4.45. The van der Waals surface area contributed by atoms with Gasteiger partial charge < -0.3 is 9.88 Å². The summed E-state index contributed by atoms with van der Waals surface area (Å²) >= 11 is 0. The molecule has 0 aliphatic rings. The molecule has 0 amide bonds. The van der Waals surface area contributed by atoms with Crippen LogP contribution in [0.4, 0.5) is 5.82 Å². The summed E-state index contributed by atoms with van der Waals surface area (Å²) < 4.78 is 2.19. The number of rotatable bonds is 6. The number of hydrogen-bond donors (Lipinski definition) is 1. The molecule has 0 aromatic carbocycles. The van der Waals surface area contributed by atoms with Crippen molar-refractivity contribution in [3.05, 3.63) is 42.1 Å². The van der Waals surface area contributed by atoms with Gasteiger partial charge in [-0.15, -0.1) is 0 Å². The summed E-state index contributed by atoms with van der Waals surface area (Å²) in [5.74, 6) is 1.80. The van der Waals surface area contributed by atoms with E-state index >= 15 is 0 Å². The van der Waals surface area contributed by atoms with Crippen LogP contribution in [-0.4, -0.2) is 21.1 Å². The lowest BCUT2D eigenvalue weighted by atomic mass is 10.2. The topological polar surface area (TPSA) is 42.7 Å². The molecule has 0 aliphatic carbocycles. The number of nitrogens with one attached hydrogen (secondary N) is 1. The molecular formula is C14H20N4. The SMILES string of the molecule is CCc1cnc(C)nc1NCCCn1cccc1. The van der Waals surface area contributed by atoms with Crippen molar-refractivity contribution in [2.45, 2.75) is 33.2 Å². The molecule has 0 aliphatic heterocycles. The third kappa shape index (κ3) is 3.32. The Bertz CT molecular complexity index is 477. The average molecular weight is 244 g/mol. The first-order valence-corrected chi connectivity index (χ1v) is 6.46. The van der Waals surface area contributed by atoms with Crippen LogP contribution in [0.3, 0.4) is 0 Å². The van der Waals surface area contributed by atoms with Crippen LogP contribution in [0.15, 0.2) is 30.7 Å². The molecule has 2 aromatic heterocycles. The van der Waals surface area contributed by atoms with E-state index in [0.717, 1.165) is 37.6 Å². The van der Waals surface area contributed by atoms with Gasteiger partial charge in [0, 0.05) is 37.2 Å². The van der Waals surface area contributed by atoms with Gasteiger partial charge in [0.25, 0.3) is 0 Å². The summed E-state index contributed by atoms with van der Waals surface area (Å²) in [6.07, 6.45) is 8.14. The first-order valence-electron chi connectivity index (χ1n) is 6.46. The lowest BCUT2D eigenvalue weighted by molar-refractivity contribution is 0.663. The highest BCUT2D eigenvalue weighted by Gasteiger charge is 2.02. The Kier molecular flexibility index (Phi) is 4.34. The Hall–Kier alpha value is -1.84. The van der Waals surface area contributed by atoms with Gasteiger partial charge in [0.05, 0.1) is 0 Å². The summed E-state index contributed by atoms with van der Waals surface area (Å²) in [4.78, 5) is 8.67. The molecule has 0 saturated carbocycles. The molecule has 0 spiro atoms. The maximum absolute atomic E-state index is 4.45. The predicted octanol–water partition coefficient (Wildman–Crippen LogP) is 2.65. The fourth-order valence-electron chi connectivity index (χ4n) is 1.89. The molecule has 18 heavy (non-hydrogen) atoms. The molecule has 1 N–H and O–H groups in total. The molecular weight excluding hydrogens is 224 g/mol. The molecule has 0 bridgehead atoms. The Morgan fingerprint density at radius 3 is 2.78 bits per heavy atom. The lowest BCUT2D eigenvalue weighted by Crippen LogP contribution is -2.09. The highest BCUT2D eigenvalue weighted by molar-refractivity contribution is 5.42. The van der Waals surface area contributed by atoms with Crippen LogP contribution in [-0.2, 0) is 13.0 Å². The smallest absolute Gasteiger partial charge is 0.132 e. The Morgan fingerprint density at radius 2 is 2.06 bits per heavy atom. The van der Waals surface area contributed by atoms with Crippen molar-refractivity contribution in [1.82, 2.24) is 14.5 Å². The fraction of sp³-hybridized carbons (Fsp3) is 0.429. The third-order valence-electron chi connectivity index (χ3n) is 2.92. The largest absolute Gasteiger partial charge is 0.370 e. The van der Waals surface area contributed by atoms with Crippen LogP contribution < -0.4 is 5.32 Å².